The lowest BCUT2D eigenvalue weighted by Crippen LogP contribution is -2.15. The zero-order chi connectivity index (χ0) is 22.0. The Balaban J connectivity index is 1.90. The monoisotopic (exact) mass is 420 g/mol. The number of benzene rings is 3. The lowest BCUT2D eigenvalue weighted by atomic mass is 9.94. The van der Waals surface area contributed by atoms with Crippen LogP contribution in [0.2, 0.25) is 0 Å². The number of carbonyl (C=O) groups is 1. The Morgan fingerprint density at radius 1 is 0.968 bits per heavy atom. The smallest absolute Gasteiger partial charge is 0.322 e. The van der Waals surface area contributed by atoms with Crippen molar-refractivity contribution < 1.29 is 18.0 Å². The highest BCUT2D eigenvalue weighted by atomic mass is 19.4. The number of amides is 1. The molecule has 0 bridgehead atoms. The van der Waals surface area contributed by atoms with Crippen molar-refractivity contribution in [3.05, 3.63) is 95.7 Å². The van der Waals surface area contributed by atoms with Crippen LogP contribution in [0.5, 0.6) is 0 Å². The fourth-order valence-electron chi connectivity index (χ4n) is 3.61. The molecular formula is C25H19F3N2O. The van der Waals surface area contributed by atoms with E-state index in [9.17, 15) is 18.0 Å². The van der Waals surface area contributed by atoms with Gasteiger partial charge in [-0.15, -0.1) is 0 Å². The zero-order valence-electron chi connectivity index (χ0n) is 16.7. The van der Waals surface area contributed by atoms with Gasteiger partial charge in [0, 0.05) is 22.8 Å². The fourth-order valence-corrected chi connectivity index (χ4v) is 3.61. The predicted molar refractivity (Wildman–Crippen MR) is 116 cm³/mol. The van der Waals surface area contributed by atoms with Crippen molar-refractivity contribution >= 4 is 22.5 Å². The van der Waals surface area contributed by atoms with Crippen molar-refractivity contribution in [2.45, 2.75) is 19.5 Å². The summed E-state index contributed by atoms with van der Waals surface area (Å²) < 4.78 is 40.7. The number of hydrogen-bond acceptors (Lipinski definition) is 2. The van der Waals surface area contributed by atoms with E-state index in [0.717, 1.165) is 18.1 Å². The number of nitrogens with one attached hydrogen (secondary N) is 1. The number of nitrogens with zero attached hydrogens (tertiary/aromatic N) is 1. The van der Waals surface area contributed by atoms with E-state index in [0.29, 0.717) is 16.8 Å². The molecule has 0 saturated carbocycles. The normalized spacial score (nSPS) is 11.5. The number of aromatic nitrogens is 1. The van der Waals surface area contributed by atoms with Crippen LogP contribution in [0.4, 0.5) is 18.9 Å². The number of halogens is 3. The number of rotatable bonds is 4. The third-order valence-electron chi connectivity index (χ3n) is 5.10. The van der Waals surface area contributed by atoms with Gasteiger partial charge in [0.25, 0.3) is 5.91 Å². The number of pyridine rings is 1. The molecule has 0 spiro atoms. The number of carbonyl (C=O) groups excluding carboxylic acids is 1. The summed E-state index contributed by atoms with van der Waals surface area (Å²) in [6.45, 7) is 2.01. The Hall–Kier alpha value is -3.67. The fraction of sp³-hybridized carbons (Fsp3) is 0.120. The molecule has 1 aromatic heterocycles. The first-order valence-electron chi connectivity index (χ1n) is 9.83. The topological polar surface area (TPSA) is 42.0 Å². The molecule has 0 aliphatic rings. The van der Waals surface area contributed by atoms with Crippen molar-refractivity contribution in [3.63, 3.8) is 0 Å². The number of aryl methyl sites for hydroxylation is 1. The molecule has 4 rings (SSSR count). The van der Waals surface area contributed by atoms with Gasteiger partial charge < -0.3 is 5.32 Å². The number of para-hydroxylation sites is 1. The Bertz CT molecular complexity index is 1250. The van der Waals surface area contributed by atoms with Crippen LogP contribution in [0.3, 0.4) is 0 Å². The maximum absolute atomic E-state index is 13.6. The second kappa shape index (κ2) is 8.22. The van der Waals surface area contributed by atoms with E-state index < -0.39 is 17.6 Å². The van der Waals surface area contributed by atoms with E-state index in [-0.39, 0.29) is 16.5 Å². The van der Waals surface area contributed by atoms with Gasteiger partial charge in [-0.2, -0.15) is 13.2 Å². The largest absolute Gasteiger partial charge is 0.418 e. The molecule has 1 heterocycles. The van der Waals surface area contributed by atoms with Crippen molar-refractivity contribution in [1.82, 2.24) is 4.98 Å². The average molecular weight is 420 g/mol. The molecule has 4 aromatic rings. The minimum Gasteiger partial charge on any atom is -0.322 e. The summed E-state index contributed by atoms with van der Waals surface area (Å²) in [6, 6.07) is 20.3. The van der Waals surface area contributed by atoms with E-state index in [1.165, 1.54) is 12.3 Å². The zero-order valence-corrected chi connectivity index (χ0v) is 16.7. The number of anilines is 1. The van der Waals surface area contributed by atoms with E-state index in [1.807, 2.05) is 31.2 Å². The highest BCUT2D eigenvalue weighted by Gasteiger charge is 2.34. The van der Waals surface area contributed by atoms with Crippen LogP contribution in [0.1, 0.15) is 28.4 Å². The first kappa shape index (κ1) is 20.6. The predicted octanol–water partition coefficient (Wildman–Crippen LogP) is 6.74. The molecule has 156 valence electrons. The molecule has 1 N–H and O–H groups in total. The third-order valence-corrected chi connectivity index (χ3v) is 5.10. The summed E-state index contributed by atoms with van der Waals surface area (Å²) >= 11 is 0. The van der Waals surface area contributed by atoms with Crippen molar-refractivity contribution in [1.29, 1.82) is 0 Å². The number of alkyl halides is 3. The highest BCUT2D eigenvalue weighted by Crippen LogP contribution is 2.38. The Kier molecular flexibility index (Phi) is 5.46. The first-order valence-corrected chi connectivity index (χ1v) is 9.83. The standard InChI is InChI=1S/C25H19F3N2O/c1-2-16-8-6-11-18(14-16)30-24(31)20-15-29-23-19(12-7-13-21(23)25(26,27)28)22(20)17-9-4-3-5-10-17/h3-15H,2H2,1H3,(H,30,31). The van der Waals surface area contributed by atoms with Crippen LogP contribution in [0, 0.1) is 0 Å². The molecule has 0 unspecified atom stereocenters. The van der Waals surface area contributed by atoms with E-state index in [1.54, 1.807) is 36.4 Å². The van der Waals surface area contributed by atoms with E-state index >= 15 is 0 Å². The number of hydrogen-bond donors (Lipinski definition) is 1. The van der Waals surface area contributed by atoms with Gasteiger partial charge in [0.15, 0.2) is 0 Å². The van der Waals surface area contributed by atoms with Gasteiger partial charge in [0.1, 0.15) is 0 Å². The summed E-state index contributed by atoms with van der Waals surface area (Å²) in [4.78, 5) is 17.2. The van der Waals surface area contributed by atoms with E-state index in [4.69, 9.17) is 0 Å². The summed E-state index contributed by atoms with van der Waals surface area (Å²) in [5.74, 6) is -0.432. The summed E-state index contributed by atoms with van der Waals surface area (Å²) in [5.41, 5.74) is 1.94. The van der Waals surface area contributed by atoms with Crippen LogP contribution in [0.25, 0.3) is 22.0 Å². The first-order chi connectivity index (χ1) is 14.9. The maximum atomic E-state index is 13.6. The lowest BCUT2D eigenvalue weighted by Gasteiger charge is -2.16. The van der Waals surface area contributed by atoms with Gasteiger partial charge in [0.2, 0.25) is 0 Å². The SMILES string of the molecule is CCc1cccc(NC(=O)c2cnc3c(C(F)(F)F)cccc3c2-c2ccccc2)c1. The third kappa shape index (κ3) is 4.14. The minimum atomic E-state index is -4.55. The quantitative estimate of drug-likeness (QED) is 0.397. The van der Waals surface area contributed by atoms with Crippen molar-refractivity contribution in [3.8, 4) is 11.1 Å². The highest BCUT2D eigenvalue weighted by molar-refractivity contribution is 6.13. The molecule has 6 heteroatoms. The summed E-state index contributed by atoms with van der Waals surface area (Å²) in [6.07, 6.45) is -2.51. The molecule has 0 saturated heterocycles. The summed E-state index contributed by atoms with van der Waals surface area (Å²) in [5, 5.41) is 3.13. The van der Waals surface area contributed by atoms with Gasteiger partial charge in [-0.25, -0.2) is 0 Å². The van der Waals surface area contributed by atoms with Crippen LogP contribution in [0.15, 0.2) is 79.0 Å². The molecule has 31 heavy (non-hydrogen) atoms. The van der Waals surface area contributed by atoms with Crippen LogP contribution >= 0.6 is 0 Å². The van der Waals surface area contributed by atoms with Crippen LogP contribution in [-0.2, 0) is 12.6 Å². The molecule has 3 aromatic carbocycles. The second-order valence-corrected chi connectivity index (χ2v) is 7.12. The summed E-state index contributed by atoms with van der Waals surface area (Å²) in [7, 11) is 0. The molecule has 0 aliphatic heterocycles. The van der Waals surface area contributed by atoms with Crippen molar-refractivity contribution in [2.75, 3.05) is 5.32 Å². The lowest BCUT2D eigenvalue weighted by molar-refractivity contribution is -0.136. The maximum Gasteiger partial charge on any atom is 0.418 e. The Morgan fingerprint density at radius 3 is 2.42 bits per heavy atom. The Labute approximate surface area is 177 Å². The minimum absolute atomic E-state index is 0.182. The van der Waals surface area contributed by atoms with Gasteiger partial charge in [-0.3, -0.25) is 9.78 Å². The van der Waals surface area contributed by atoms with E-state index in [2.05, 4.69) is 10.3 Å². The van der Waals surface area contributed by atoms with Gasteiger partial charge in [-0.1, -0.05) is 61.5 Å². The van der Waals surface area contributed by atoms with Crippen LogP contribution < -0.4 is 5.32 Å². The van der Waals surface area contributed by atoms with Gasteiger partial charge >= 0.3 is 6.18 Å². The molecule has 0 aliphatic carbocycles. The molecule has 0 atom stereocenters. The molecule has 0 radical (unpaired) electrons. The number of fused-ring (bicyclic) bond motifs is 1. The second-order valence-electron chi connectivity index (χ2n) is 7.12. The van der Waals surface area contributed by atoms with Gasteiger partial charge in [0.05, 0.1) is 16.6 Å². The molecule has 0 fully saturated rings. The molecular weight excluding hydrogens is 401 g/mol. The van der Waals surface area contributed by atoms with Gasteiger partial charge in [-0.05, 0) is 35.7 Å². The molecule has 1 amide bonds. The van der Waals surface area contributed by atoms with Crippen LogP contribution in [-0.4, -0.2) is 10.9 Å². The van der Waals surface area contributed by atoms with Crippen molar-refractivity contribution in [2.24, 2.45) is 0 Å². The average Bonchev–Trinajstić information content (AvgIpc) is 2.77. The Morgan fingerprint density at radius 2 is 1.71 bits per heavy atom. The molecule has 3 nitrogen and oxygen atoms in total.